The van der Waals surface area contributed by atoms with Crippen molar-refractivity contribution in [2.75, 3.05) is 7.11 Å². The van der Waals surface area contributed by atoms with E-state index >= 15 is 0 Å². The van der Waals surface area contributed by atoms with Gasteiger partial charge in [-0.15, -0.1) is 0 Å². The summed E-state index contributed by atoms with van der Waals surface area (Å²) in [6, 6.07) is 15.5. The van der Waals surface area contributed by atoms with Crippen LogP contribution in [-0.4, -0.2) is 12.2 Å². The fourth-order valence-corrected chi connectivity index (χ4v) is 2.28. The highest BCUT2D eigenvalue weighted by Crippen LogP contribution is 2.20. The van der Waals surface area contributed by atoms with Gasteiger partial charge < -0.3 is 4.74 Å². The Morgan fingerprint density at radius 2 is 1.70 bits per heavy atom. The van der Waals surface area contributed by atoms with E-state index in [1.807, 2.05) is 61.5 Å². The fourth-order valence-electron chi connectivity index (χ4n) is 1.64. The van der Waals surface area contributed by atoms with Crippen molar-refractivity contribution in [1.82, 2.24) is 0 Å². The second-order valence-corrected chi connectivity index (χ2v) is 5.42. The third kappa shape index (κ3) is 4.28. The second-order valence-electron chi connectivity index (χ2n) is 4.34. The molecule has 0 atom stereocenters. The molecule has 0 spiro atoms. The van der Waals surface area contributed by atoms with Crippen LogP contribution in [-0.2, 0) is 4.79 Å². The van der Waals surface area contributed by atoms with Crippen molar-refractivity contribution in [2.45, 2.75) is 11.8 Å². The number of thioether (sulfide) groups is 1. The maximum atomic E-state index is 11.8. The molecule has 2 nitrogen and oxygen atoms in total. The monoisotopic (exact) mass is 284 g/mol. The summed E-state index contributed by atoms with van der Waals surface area (Å²) < 4.78 is 5.09. The Morgan fingerprint density at radius 1 is 1.05 bits per heavy atom. The van der Waals surface area contributed by atoms with E-state index in [-0.39, 0.29) is 5.12 Å². The predicted molar refractivity (Wildman–Crippen MR) is 84.1 cm³/mol. The molecule has 0 saturated carbocycles. The van der Waals surface area contributed by atoms with E-state index in [4.69, 9.17) is 4.74 Å². The van der Waals surface area contributed by atoms with Gasteiger partial charge in [-0.2, -0.15) is 0 Å². The molecule has 0 aliphatic heterocycles. The Kier molecular flexibility index (Phi) is 5.02. The Labute approximate surface area is 123 Å². The first-order valence-corrected chi connectivity index (χ1v) is 7.09. The third-order valence-electron chi connectivity index (χ3n) is 2.77. The molecule has 3 heteroatoms. The van der Waals surface area contributed by atoms with Crippen LogP contribution in [0.1, 0.15) is 11.1 Å². The standard InChI is InChI=1S/C17H16O2S/c1-13-3-10-16(11-4-13)20-17(18)12-7-14-5-8-15(19-2)9-6-14/h3-12H,1-2H3/b12-7+. The highest BCUT2D eigenvalue weighted by atomic mass is 32.2. The molecule has 0 fully saturated rings. The van der Waals surface area contributed by atoms with Crippen LogP contribution in [0.25, 0.3) is 6.08 Å². The highest BCUT2D eigenvalue weighted by Gasteiger charge is 2.00. The summed E-state index contributed by atoms with van der Waals surface area (Å²) in [6.07, 6.45) is 3.40. The minimum atomic E-state index is 0.0182. The molecule has 0 unspecified atom stereocenters. The molecule has 0 N–H and O–H groups in total. The number of carbonyl (C=O) groups excluding carboxylic acids is 1. The van der Waals surface area contributed by atoms with Gasteiger partial charge in [0.2, 0.25) is 5.12 Å². The number of carbonyl (C=O) groups is 1. The summed E-state index contributed by atoms with van der Waals surface area (Å²) in [5.41, 5.74) is 2.17. The largest absolute Gasteiger partial charge is 0.497 e. The van der Waals surface area contributed by atoms with Crippen LogP contribution in [0.3, 0.4) is 0 Å². The predicted octanol–water partition coefficient (Wildman–Crippen LogP) is 4.34. The van der Waals surface area contributed by atoms with Gasteiger partial charge in [0.1, 0.15) is 5.75 Å². The van der Waals surface area contributed by atoms with Gasteiger partial charge in [-0.1, -0.05) is 35.9 Å². The van der Waals surface area contributed by atoms with Crippen LogP contribution >= 0.6 is 11.8 Å². The maximum absolute atomic E-state index is 11.8. The summed E-state index contributed by atoms with van der Waals surface area (Å²) in [7, 11) is 1.63. The van der Waals surface area contributed by atoms with Crippen molar-refractivity contribution in [1.29, 1.82) is 0 Å². The maximum Gasteiger partial charge on any atom is 0.216 e. The zero-order valence-corrected chi connectivity index (χ0v) is 12.3. The summed E-state index contributed by atoms with van der Waals surface area (Å²) in [6.45, 7) is 2.03. The summed E-state index contributed by atoms with van der Waals surface area (Å²) in [5.74, 6) is 0.808. The number of hydrogen-bond acceptors (Lipinski definition) is 3. The minimum Gasteiger partial charge on any atom is -0.497 e. The van der Waals surface area contributed by atoms with Crippen molar-refractivity contribution in [3.63, 3.8) is 0 Å². The molecular weight excluding hydrogens is 268 g/mol. The van der Waals surface area contributed by atoms with E-state index in [9.17, 15) is 4.79 Å². The quantitative estimate of drug-likeness (QED) is 0.617. The Balaban J connectivity index is 1.96. The van der Waals surface area contributed by atoms with Crippen LogP contribution in [0.2, 0.25) is 0 Å². The van der Waals surface area contributed by atoms with Gasteiger partial charge in [-0.3, -0.25) is 4.79 Å². The van der Waals surface area contributed by atoms with E-state index in [0.29, 0.717) is 0 Å². The molecule has 0 bridgehead atoms. The first-order chi connectivity index (χ1) is 9.67. The van der Waals surface area contributed by atoms with Gasteiger partial charge >= 0.3 is 0 Å². The summed E-state index contributed by atoms with van der Waals surface area (Å²) >= 11 is 1.23. The van der Waals surface area contributed by atoms with Crippen molar-refractivity contribution >= 4 is 23.0 Å². The van der Waals surface area contributed by atoms with E-state index in [0.717, 1.165) is 16.2 Å². The van der Waals surface area contributed by atoms with Gasteiger partial charge in [-0.05, 0) is 54.6 Å². The lowest BCUT2D eigenvalue weighted by Gasteiger charge is -1.99. The summed E-state index contributed by atoms with van der Waals surface area (Å²) in [4.78, 5) is 12.8. The molecule has 102 valence electrons. The fraction of sp³-hybridized carbons (Fsp3) is 0.118. The Bertz CT molecular complexity index is 598. The van der Waals surface area contributed by atoms with Crippen LogP contribution in [0.15, 0.2) is 59.5 Å². The molecule has 20 heavy (non-hydrogen) atoms. The van der Waals surface area contributed by atoms with E-state index in [2.05, 4.69) is 0 Å². The molecule has 0 radical (unpaired) electrons. The van der Waals surface area contributed by atoms with Crippen LogP contribution in [0, 0.1) is 6.92 Å². The highest BCUT2D eigenvalue weighted by molar-refractivity contribution is 8.14. The molecular formula is C17H16O2S. The lowest BCUT2D eigenvalue weighted by atomic mass is 10.2. The number of benzene rings is 2. The average Bonchev–Trinajstić information content (AvgIpc) is 2.48. The first kappa shape index (κ1) is 14.4. The normalized spacial score (nSPS) is 10.7. The number of ether oxygens (including phenoxy) is 1. The van der Waals surface area contributed by atoms with Gasteiger partial charge in [0.25, 0.3) is 0 Å². The average molecular weight is 284 g/mol. The van der Waals surface area contributed by atoms with Crippen molar-refractivity contribution < 1.29 is 9.53 Å². The summed E-state index contributed by atoms with van der Waals surface area (Å²) in [5, 5.41) is 0.0182. The van der Waals surface area contributed by atoms with Crippen LogP contribution in [0.5, 0.6) is 5.75 Å². The lowest BCUT2D eigenvalue weighted by molar-refractivity contribution is -0.107. The Hall–Kier alpha value is -2.00. The second kappa shape index (κ2) is 6.96. The van der Waals surface area contributed by atoms with Crippen molar-refractivity contribution in [3.8, 4) is 5.75 Å². The molecule has 0 amide bonds. The number of hydrogen-bond donors (Lipinski definition) is 0. The topological polar surface area (TPSA) is 26.3 Å². The smallest absolute Gasteiger partial charge is 0.216 e. The Morgan fingerprint density at radius 3 is 2.30 bits per heavy atom. The van der Waals surface area contributed by atoms with E-state index in [1.165, 1.54) is 17.3 Å². The van der Waals surface area contributed by atoms with E-state index < -0.39 is 0 Å². The first-order valence-electron chi connectivity index (χ1n) is 6.28. The molecule has 0 aliphatic rings. The van der Waals surface area contributed by atoms with Crippen molar-refractivity contribution in [3.05, 3.63) is 65.7 Å². The van der Waals surface area contributed by atoms with E-state index in [1.54, 1.807) is 13.2 Å². The number of methoxy groups -OCH3 is 1. The molecule has 0 aliphatic carbocycles. The van der Waals surface area contributed by atoms with Crippen molar-refractivity contribution in [2.24, 2.45) is 0 Å². The van der Waals surface area contributed by atoms with Gasteiger partial charge in [0.05, 0.1) is 7.11 Å². The number of rotatable bonds is 4. The zero-order valence-electron chi connectivity index (χ0n) is 11.5. The molecule has 0 heterocycles. The molecule has 2 aromatic rings. The minimum absolute atomic E-state index is 0.0182. The molecule has 0 saturated heterocycles. The van der Waals surface area contributed by atoms with Gasteiger partial charge in [-0.25, -0.2) is 0 Å². The lowest BCUT2D eigenvalue weighted by Crippen LogP contribution is -1.85. The van der Waals surface area contributed by atoms with Crippen LogP contribution in [0.4, 0.5) is 0 Å². The van der Waals surface area contributed by atoms with Gasteiger partial charge in [0, 0.05) is 4.90 Å². The molecule has 2 rings (SSSR count). The van der Waals surface area contributed by atoms with Gasteiger partial charge in [0.15, 0.2) is 0 Å². The molecule has 2 aromatic carbocycles. The zero-order chi connectivity index (χ0) is 14.4. The third-order valence-corrected chi connectivity index (χ3v) is 3.61. The van der Waals surface area contributed by atoms with Crippen LogP contribution < -0.4 is 4.74 Å². The number of aryl methyl sites for hydroxylation is 1. The molecule has 0 aromatic heterocycles. The SMILES string of the molecule is COc1ccc(/C=C/C(=O)Sc2ccc(C)cc2)cc1.